The topological polar surface area (TPSA) is 35.5 Å². The van der Waals surface area contributed by atoms with Crippen molar-refractivity contribution in [3.63, 3.8) is 0 Å². The van der Waals surface area contributed by atoms with E-state index in [4.69, 9.17) is 9.47 Å². The Labute approximate surface area is 130 Å². The van der Waals surface area contributed by atoms with Crippen molar-refractivity contribution in [3.8, 4) is 11.5 Å². The average Bonchev–Trinajstić information content (AvgIpc) is 2.34. The van der Waals surface area contributed by atoms with Crippen molar-refractivity contribution in [3.05, 3.63) is 23.3 Å². The maximum absolute atomic E-state index is 12.3. The summed E-state index contributed by atoms with van der Waals surface area (Å²) in [5.74, 6) is 1.73. The number of hydrogen-bond acceptors (Lipinski definition) is 3. The molecule has 102 valence electrons. The predicted molar refractivity (Wildman–Crippen MR) is 77.7 cm³/mol. The Kier molecular flexibility index (Phi) is 8.42. The Balaban J connectivity index is 0. The monoisotopic (exact) mass is 276 g/mol. The van der Waals surface area contributed by atoms with Gasteiger partial charge in [-0.3, -0.25) is 4.79 Å². The standard InChI is InChI=1S/C14H21O3P.Li.H/c1-9(2)8-18-14(15)13-11(16-4)6-10(3)7-12(13)17-5;;/h6-7,9,18H,8H2,1-5H3;;/q;+1;-1. The van der Waals surface area contributed by atoms with Crippen molar-refractivity contribution in [2.75, 3.05) is 20.4 Å². The molecule has 0 spiro atoms. The van der Waals surface area contributed by atoms with Crippen molar-refractivity contribution in [2.45, 2.75) is 20.8 Å². The minimum Gasteiger partial charge on any atom is -1.00 e. The van der Waals surface area contributed by atoms with Crippen LogP contribution in [0.1, 0.15) is 31.2 Å². The minimum atomic E-state index is 0. The summed E-state index contributed by atoms with van der Waals surface area (Å²) in [6.45, 7) is 6.18. The van der Waals surface area contributed by atoms with Gasteiger partial charge in [-0.2, -0.15) is 0 Å². The molecule has 0 aliphatic heterocycles. The van der Waals surface area contributed by atoms with Gasteiger partial charge in [0, 0.05) is 0 Å². The summed E-state index contributed by atoms with van der Waals surface area (Å²) < 4.78 is 10.6. The van der Waals surface area contributed by atoms with Crippen molar-refractivity contribution >= 4 is 14.1 Å². The first kappa shape index (κ1) is 18.5. The van der Waals surface area contributed by atoms with Crippen LogP contribution in [0.5, 0.6) is 11.5 Å². The van der Waals surface area contributed by atoms with Crippen LogP contribution in [0, 0.1) is 12.8 Å². The van der Waals surface area contributed by atoms with Crippen LogP contribution in [0.15, 0.2) is 12.1 Å². The van der Waals surface area contributed by atoms with Crippen LogP contribution in [0.2, 0.25) is 0 Å². The molecule has 19 heavy (non-hydrogen) atoms. The van der Waals surface area contributed by atoms with Gasteiger partial charge in [0.15, 0.2) is 5.52 Å². The molecule has 0 N–H and O–H groups in total. The third kappa shape index (κ3) is 5.19. The number of methoxy groups -OCH3 is 2. The predicted octanol–water partition coefficient (Wildman–Crippen LogP) is 0.603. The number of carbonyl (C=O) groups is 1. The quantitative estimate of drug-likeness (QED) is 0.564. The van der Waals surface area contributed by atoms with E-state index in [0.717, 1.165) is 11.7 Å². The van der Waals surface area contributed by atoms with E-state index in [1.54, 1.807) is 14.2 Å². The molecule has 1 aromatic rings. The first-order chi connectivity index (χ1) is 8.49. The van der Waals surface area contributed by atoms with Gasteiger partial charge in [-0.15, -0.1) is 0 Å². The van der Waals surface area contributed by atoms with Crippen molar-refractivity contribution in [1.29, 1.82) is 0 Å². The normalized spacial score (nSPS) is 10.6. The maximum atomic E-state index is 12.3. The fraction of sp³-hybridized carbons (Fsp3) is 0.500. The molecule has 0 aromatic heterocycles. The maximum Gasteiger partial charge on any atom is 1.00 e. The van der Waals surface area contributed by atoms with Crippen LogP contribution in [0.4, 0.5) is 0 Å². The second-order valence-corrected chi connectivity index (χ2v) is 5.86. The van der Waals surface area contributed by atoms with Crippen LogP contribution in [-0.2, 0) is 0 Å². The first-order valence-electron chi connectivity index (χ1n) is 6.00. The van der Waals surface area contributed by atoms with E-state index in [1.165, 1.54) is 0 Å². The summed E-state index contributed by atoms with van der Waals surface area (Å²) >= 11 is 0. The van der Waals surface area contributed by atoms with Crippen LogP contribution in [0.25, 0.3) is 0 Å². The fourth-order valence-corrected chi connectivity index (χ4v) is 2.67. The molecule has 0 amide bonds. The molecular formula is C14H22LiO3P. The fourth-order valence-electron chi connectivity index (χ4n) is 1.65. The minimum absolute atomic E-state index is 0. The molecule has 0 radical (unpaired) electrons. The van der Waals surface area contributed by atoms with Gasteiger partial charge in [0.25, 0.3) is 0 Å². The van der Waals surface area contributed by atoms with E-state index in [2.05, 4.69) is 13.8 Å². The summed E-state index contributed by atoms with van der Waals surface area (Å²) in [6.07, 6.45) is 0.902. The third-order valence-corrected chi connectivity index (χ3v) is 4.14. The molecule has 0 saturated carbocycles. The number of aryl methyl sites for hydroxylation is 1. The number of ether oxygens (including phenoxy) is 2. The SMILES string of the molecule is COc1cc(C)cc(OC)c1C(=O)PCC(C)C.[H-].[Li+]. The van der Waals surface area contributed by atoms with Crippen LogP contribution in [-0.4, -0.2) is 25.9 Å². The Bertz CT molecular complexity index is 413. The molecule has 3 nitrogen and oxygen atoms in total. The van der Waals surface area contributed by atoms with Crippen molar-refractivity contribution < 1.29 is 34.6 Å². The Hall–Kier alpha value is -0.483. The largest absolute Gasteiger partial charge is 1.00 e. The van der Waals surface area contributed by atoms with E-state index in [-0.39, 0.29) is 34.4 Å². The summed E-state index contributed by atoms with van der Waals surface area (Å²) in [5.41, 5.74) is 1.70. The summed E-state index contributed by atoms with van der Waals surface area (Å²) in [5, 5.41) is 0. The second-order valence-electron chi connectivity index (χ2n) is 4.65. The Morgan fingerprint density at radius 1 is 1.26 bits per heavy atom. The molecule has 1 rings (SSSR count). The number of rotatable bonds is 6. The van der Waals surface area contributed by atoms with Gasteiger partial charge in [0.2, 0.25) is 0 Å². The van der Waals surface area contributed by atoms with E-state index in [0.29, 0.717) is 23.0 Å². The smallest absolute Gasteiger partial charge is 1.00 e. The Morgan fingerprint density at radius 3 is 2.11 bits per heavy atom. The number of benzene rings is 1. The first-order valence-corrected chi connectivity index (χ1v) is 7.21. The van der Waals surface area contributed by atoms with Gasteiger partial charge in [0.05, 0.1) is 14.2 Å². The molecule has 0 heterocycles. The van der Waals surface area contributed by atoms with Crippen LogP contribution < -0.4 is 28.3 Å². The molecule has 5 heteroatoms. The van der Waals surface area contributed by atoms with Gasteiger partial charge < -0.3 is 10.9 Å². The van der Waals surface area contributed by atoms with E-state index >= 15 is 0 Å². The molecule has 0 fully saturated rings. The third-order valence-electron chi connectivity index (χ3n) is 2.55. The second kappa shape index (κ2) is 8.64. The van der Waals surface area contributed by atoms with E-state index in [9.17, 15) is 4.79 Å². The van der Waals surface area contributed by atoms with Crippen LogP contribution >= 0.6 is 8.58 Å². The van der Waals surface area contributed by atoms with Gasteiger partial charge in [0.1, 0.15) is 17.1 Å². The van der Waals surface area contributed by atoms with Crippen LogP contribution in [0.3, 0.4) is 0 Å². The number of carbonyl (C=O) groups excluding carboxylic acids is 1. The molecular weight excluding hydrogens is 254 g/mol. The van der Waals surface area contributed by atoms with Gasteiger partial charge >= 0.3 is 18.9 Å². The zero-order chi connectivity index (χ0) is 13.7. The zero-order valence-corrected chi connectivity index (χ0v) is 13.7. The molecule has 0 aliphatic rings. The van der Waals surface area contributed by atoms with E-state index < -0.39 is 0 Å². The summed E-state index contributed by atoms with van der Waals surface area (Å²) in [4.78, 5) is 12.3. The molecule has 0 saturated heterocycles. The van der Waals surface area contributed by atoms with Gasteiger partial charge in [-0.1, -0.05) is 13.8 Å². The van der Waals surface area contributed by atoms with Gasteiger partial charge in [-0.05, 0) is 45.3 Å². The van der Waals surface area contributed by atoms with Crippen molar-refractivity contribution in [2.24, 2.45) is 5.92 Å². The zero-order valence-electron chi connectivity index (χ0n) is 13.7. The Morgan fingerprint density at radius 2 is 1.74 bits per heavy atom. The molecule has 1 aromatic carbocycles. The summed E-state index contributed by atoms with van der Waals surface area (Å²) in [7, 11) is 3.42. The molecule has 1 unspecified atom stereocenters. The van der Waals surface area contributed by atoms with Crippen molar-refractivity contribution in [1.82, 2.24) is 0 Å². The number of hydrogen-bond donors (Lipinski definition) is 0. The van der Waals surface area contributed by atoms with E-state index in [1.807, 2.05) is 19.1 Å². The molecule has 0 aliphatic carbocycles. The summed E-state index contributed by atoms with van der Waals surface area (Å²) in [6, 6.07) is 3.74. The average molecular weight is 276 g/mol. The molecule has 1 atom stereocenters. The molecule has 0 bridgehead atoms. The van der Waals surface area contributed by atoms with Gasteiger partial charge in [-0.25, -0.2) is 0 Å².